The Hall–Kier alpha value is -2.78. The van der Waals surface area contributed by atoms with Gasteiger partial charge in [-0.3, -0.25) is 0 Å². The molecule has 4 heterocycles. The van der Waals surface area contributed by atoms with Crippen molar-refractivity contribution in [3.05, 3.63) is 40.6 Å². The van der Waals surface area contributed by atoms with Crippen LogP contribution in [0.15, 0.2) is 30.7 Å². The molecule has 9 heteroatoms. The van der Waals surface area contributed by atoms with Gasteiger partial charge in [0.25, 0.3) is 0 Å². The molecule has 0 bridgehead atoms. The maximum absolute atomic E-state index is 11.1. The van der Waals surface area contributed by atoms with E-state index in [9.17, 15) is 4.79 Å². The smallest absolute Gasteiger partial charge is 0.347 e. The zero-order valence-electron chi connectivity index (χ0n) is 17.2. The summed E-state index contributed by atoms with van der Waals surface area (Å²) in [5, 5.41) is 11.1. The van der Waals surface area contributed by atoms with Gasteiger partial charge in [0.1, 0.15) is 17.0 Å². The number of carbonyl (C=O) groups is 1. The number of aromatic carboxylic acids is 1. The fourth-order valence-corrected chi connectivity index (χ4v) is 5.35. The molecule has 0 aliphatic carbocycles. The lowest BCUT2D eigenvalue weighted by Gasteiger charge is -2.34. The minimum atomic E-state index is -0.905. The highest BCUT2D eigenvalue weighted by Gasteiger charge is 2.24. The number of fused-ring (bicyclic) bond motifs is 1. The largest absolute Gasteiger partial charge is 0.477 e. The topological polar surface area (TPSA) is 91.7 Å². The number of morpholine rings is 1. The second-order valence-corrected chi connectivity index (χ2v) is 9.20. The number of rotatable bonds is 5. The Morgan fingerprint density at radius 2 is 2.03 bits per heavy atom. The lowest BCUT2D eigenvalue weighted by molar-refractivity contribution is 0.0702. The Morgan fingerprint density at radius 1 is 1.16 bits per heavy atom. The first-order valence-electron chi connectivity index (χ1n) is 10.7. The first-order valence-corrected chi connectivity index (χ1v) is 11.5. The minimum Gasteiger partial charge on any atom is -0.477 e. The van der Waals surface area contributed by atoms with E-state index in [-0.39, 0.29) is 0 Å². The monoisotopic (exact) mass is 439 g/mol. The lowest BCUT2D eigenvalue weighted by atomic mass is 9.95. The number of aromatic nitrogens is 3. The molecule has 2 aliphatic rings. The van der Waals surface area contributed by atoms with Crippen molar-refractivity contribution in [3.8, 4) is 0 Å². The van der Waals surface area contributed by atoms with Gasteiger partial charge in [-0.25, -0.2) is 19.7 Å². The van der Waals surface area contributed by atoms with E-state index in [0.29, 0.717) is 10.8 Å². The molecular weight excluding hydrogens is 414 g/mol. The SMILES string of the molecule is O=C(O)c1cnc(CC2CCCN(c3ncnc4cc(N5CCOCC5)ccc34)C2)s1. The number of anilines is 2. The van der Waals surface area contributed by atoms with Gasteiger partial charge in [-0.1, -0.05) is 0 Å². The molecule has 1 unspecified atom stereocenters. The Morgan fingerprint density at radius 3 is 2.84 bits per heavy atom. The van der Waals surface area contributed by atoms with E-state index in [1.54, 1.807) is 6.33 Å². The van der Waals surface area contributed by atoms with Crippen molar-refractivity contribution in [2.24, 2.45) is 5.92 Å². The highest BCUT2D eigenvalue weighted by molar-refractivity contribution is 7.13. The molecule has 31 heavy (non-hydrogen) atoms. The second-order valence-electron chi connectivity index (χ2n) is 8.08. The fourth-order valence-electron chi connectivity index (χ4n) is 4.48. The molecule has 1 aromatic carbocycles. The van der Waals surface area contributed by atoms with Gasteiger partial charge in [-0.15, -0.1) is 11.3 Å². The average Bonchev–Trinajstić information content (AvgIpc) is 3.28. The summed E-state index contributed by atoms with van der Waals surface area (Å²) in [4.78, 5) is 29.6. The van der Waals surface area contributed by atoms with Crippen molar-refractivity contribution in [1.29, 1.82) is 0 Å². The molecule has 5 rings (SSSR count). The lowest BCUT2D eigenvalue weighted by Crippen LogP contribution is -2.37. The molecule has 2 aromatic heterocycles. The van der Waals surface area contributed by atoms with Gasteiger partial charge >= 0.3 is 5.97 Å². The summed E-state index contributed by atoms with van der Waals surface area (Å²) in [5.41, 5.74) is 2.14. The Balaban J connectivity index is 1.34. The van der Waals surface area contributed by atoms with E-state index < -0.39 is 5.97 Å². The predicted octanol–water partition coefficient (Wildman–Crippen LogP) is 3.08. The van der Waals surface area contributed by atoms with Gasteiger partial charge in [0, 0.05) is 43.7 Å². The van der Waals surface area contributed by atoms with Crippen LogP contribution in [0.4, 0.5) is 11.5 Å². The minimum absolute atomic E-state index is 0.306. The number of benzene rings is 1. The number of hydrogen-bond donors (Lipinski definition) is 1. The third-order valence-corrected chi connectivity index (χ3v) is 7.03. The van der Waals surface area contributed by atoms with E-state index in [0.717, 1.165) is 80.4 Å². The van der Waals surface area contributed by atoms with Gasteiger partial charge in [0.05, 0.1) is 29.9 Å². The standard InChI is InChI=1S/C22H25N5O3S/c28-22(29)19-12-23-20(31-19)10-15-2-1-5-27(13-15)21-17-4-3-16(11-18(17)24-14-25-21)26-6-8-30-9-7-26/h3-4,11-12,14-15H,1-2,5-10,13H2,(H,28,29). The number of hydrogen-bond acceptors (Lipinski definition) is 8. The first kappa shape index (κ1) is 20.1. The summed E-state index contributed by atoms with van der Waals surface area (Å²) in [7, 11) is 0. The van der Waals surface area contributed by atoms with Crippen molar-refractivity contribution in [1.82, 2.24) is 15.0 Å². The molecule has 2 fully saturated rings. The van der Waals surface area contributed by atoms with Gasteiger partial charge in [0.15, 0.2) is 0 Å². The fraction of sp³-hybridized carbons (Fsp3) is 0.455. The Labute approximate surface area is 184 Å². The highest BCUT2D eigenvalue weighted by atomic mass is 32.1. The molecule has 8 nitrogen and oxygen atoms in total. The summed E-state index contributed by atoms with van der Waals surface area (Å²) in [6.45, 7) is 5.17. The normalized spacial score (nSPS) is 19.7. The zero-order valence-corrected chi connectivity index (χ0v) is 18.1. The van der Waals surface area contributed by atoms with Gasteiger partial charge in [-0.2, -0.15) is 0 Å². The number of thiazole rings is 1. The van der Waals surface area contributed by atoms with Gasteiger partial charge in [0.2, 0.25) is 0 Å². The average molecular weight is 440 g/mol. The first-order chi connectivity index (χ1) is 15.2. The summed E-state index contributed by atoms with van der Waals surface area (Å²) in [6.07, 6.45) is 6.12. The van der Waals surface area contributed by atoms with Crippen LogP contribution in [-0.4, -0.2) is 65.4 Å². The number of ether oxygens (including phenoxy) is 1. The quantitative estimate of drug-likeness (QED) is 0.649. The van der Waals surface area contributed by atoms with Crippen LogP contribution in [-0.2, 0) is 11.2 Å². The highest BCUT2D eigenvalue weighted by Crippen LogP contribution is 2.31. The van der Waals surface area contributed by atoms with E-state index in [1.807, 2.05) is 0 Å². The maximum atomic E-state index is 11.1. The molecular formula is C22H25N5O3S. The van der Waals surface area contributed by atoms with E-state index in [1.165, 1.54) is 23.2 Å². The molecule has 162 valence electrons. The molecule has 0 radical (unpaired) electrons. The maximum Gasteiger partial charge on any atom is 0.347 e. The summed E-state index contributed by atoms with van der Waals surface area (Å²) >= 11 is 1.28. The second kappa shape index (κ2) is 8.76. The van der Waals surface area contributed by atoms with E-state index in [4.69, 9.17) is 9.84 Å². The number of piperidine rings is 1. The summed E-state index contributed by atoms with van der Waals surface area (Å²) in [5.74, 6) is 0.505. The number of carboxylic acid groups (broad SMARTS) is 1. The van der Waals surface area contributed by atoms with Crippen LogP contribution in [0.25, 0.3) is 10.9 Å². The van der Waals surface area contributed by atoms with Crippen molar-refractivity contribution in [3.63, 3.8) is 0 Å². The molecule has 0 amide bonds. The molecule has 2 saturated heterocycles. The number of carboxylic acids is 1. The Bertz CT molecular complexity index is 1080. The van der Waals surface area contributed by atoms with Gasteiger partial charge < -0.3 is 19.6 Å². The van der Waals surface area contributed by atoms with Crippen LogP contribution in [0.3, 0.4) is 0 Å². The van der Waals surface area contributed by atoms with Crippen LogP contribution in [0.1, 0.15) is 27.5 Å². The van der Waals surface area contributed by atoms with Crippen molar-refractivity contribution >= 4 is 39.7 Å². The summed E-state index contributed by atoms with van der Waals surface area (Å²) < 4.78 is 5.47. The molecule has 1 atom stereocenters. The molecule has 0 spiro atoms. The molecule has 0 saturated carbocycles. The van der Waals surface area contributed by atoms with Crippen molar-refractivity contribution < 1.29 is 14.6 Å². The third kappa shape index (κ3) is 4.33. The zero-order chi connectivity index (χ0) is 21.2. The molecule has 1 N–H and O–H groups in total. The predicted molar refractivity (Wildman–Crippen MR) is 120 cm³/mol. The van der Waals surface area contributed by atoms with Crippen LogP contribution >= 0.6 is 11.3 Å². The Kier molecular flexibility index (Phi) is 5.69. The summed E-state index contributed by atoms with van der Waals surface area (Å²) in [6, 6.07) is 6.44. The van der Waals surface area contributed by atoms with Crippen LogP contribution in [0.5, 0.6) is 0 Å². The van der Waals surface area contributed by atoms with Crippen LogP contribution < -0.4 is 9.80 Å². The van der Waals surface area contributed by atoms with E-state index >= 15 is 0 Å². The van der Waals surface area contributed by atoms with Crippen LogP contribution in [0, 0.1) is 5.92 Å². The van der Waals surface area contributed by atoms with E-state index in [2.05, 4.69) is 43.0 Å². The van der Waals surface area contributed by atoms with Crippen molar-refractivity contribution in [2.75, 3.05) is 49.2 Å². The number of nitrogens with zero attached hydrogens (tertiary/aromatic N) is 5. The third-order valence-electron chi connectivity index (χ3n) is 6.02. The van der Waals surface area contributed by atoms with Crippen LogP contribution in [0.2, 0.25) is 0 Å². The van der Waals surface area contributed by atoms with Gasteiger partial charge in [-0.05, 0) is 37.0 Å². The molecule has 3 aromatic rings. The molecule has 2 aliphatic heterocycles. The van der Waals surface area contributed by atoms with Crippen molar-refractivity contribution in [2.45, 2.75) is 19.3 Å².